The van der Waals surface area contributed by atoms with Crippen LogP contribution in [0.2, 0.25) is 0 Å². The van der Waals surface area contributed by atoms with E-state index in [1.54, 1.807) is 12.4 Å². The number of terminal acetylenes is 1. The molecule has 0 N–H and O–H groups in total. The minimum absolute atomic E-state index is 0.294. The third-order valence-corrected chi connectivity index (χ3v) is 2.22. The van der Waals surface area contributed by atoms with Crippen LogP contribution in [0.5, 0.6) is 0 Å². The molecule has 0 aliphatic heterocycles. The molecule has 0 saturated carbocycles. The Morgan fingerprint density at radius 2 is 2.07 bits per heavy atom. The Morgan fingerprint density at radius 1 is 1.33 bits per heavy atom. The van der Waals surface area contributed by atoms with Gasteiger partial charge in [-0.3, -0.25) is 9.78 Å². The van der Waals surface area contributed by atoms with Gasteiger partial charge in [0.25, 0.3) is 0 Å². The first-order valence-electron chi connectivity index (χ1n) is 5.17. The summed E-state index contributed by atoms with van der Waals surface area (Å²) in [4.78, 5) is 15.3. The van der Waals surface area contributed by atoms with Gasteiger partial charge >= 0.3 is 0 Å². The molecule has 0 fully saturated rings. The van der Waals surface area contributed by atoms with Gasteiger partial charge in [-0.1, -0.05) is 0 Å². The van der Waals surface area contributed by atoms with Crippen LogP contribution in [-0.4, -0.2) is 10.8 Å². The lowest BCUT2D eigenvalue weighted by Gasteiger charge is -1.99. The number of aryl methyl sites for hydroxylation is 1. The molecule has 0 saturated heterocycles. The molecule has 1 aromatic rings. The summed E-state index contributed by atoms with van der Waals surface area (Å²) in [7, 11) is 0. The molecule has 0 spiro atoms. The molecule has 0 aromatic carbocycles. The van der Waals surface area contributed by atoms with Crippen molar-refractivity contribution in [3.05, 3.63) is 30.1 Å². The van der Waals surface area contributed by atoms with Gasteiger partial charge in [-0.15, -0.1) is 12.3 Å². The molecule has 1 heterocycles. The Morgan fingerprint density at radius 3 is 2.73 bits per heavy atom. The monoisotopic (exact) mass is 201 g/mol. The van der Waals surface area contributed by atoms with Gasteiger partial charge in [-0.2, -0.15) is 0 Å². The lowest BCUT2D eigenvalue weighted by molar-refractivity contribution is -0.119. The van der Waals surface area contributed by atoms with E-state index in [1.165, 1.54) is 0 Å². The SMILES string of the molecule is C#CCCCC(=O)CCc1ccncc1. The summed E-state index contributed by atoms with van der Waals surface area (Å²) in [5.41, 5.74) is 1.16. The van der Waals surface area contributed by atoms with Crippen LogP contribution >= 0.6 is 0 Å². The predicted octanol–water partition coefficient (Wildman–Crippen LogP) is 2.39. The lowest BCUT2D eigenvalue weighted by Crippen LogP contribution is -1.99. The van der Waals surface area contributed by atoms with E-state index >= 15 is 0 Å². The van der Waals surface area contributed by atoms with Crippen molar-refractivity contribution in [3.63, 3.8) is 0 Å². The minimum atomic E-state index is 0.294. The van der Waals surface area contributed by atoms with Crippen molar-refractivity contribution in [2.75, 3.05) is 0 Å². The second-order valence-corrected chi connectivity index (χ2v) is 3.45. The molecule has 2 nitrogen and oxygen atoms in total. The van der Waals surface area contributed by atoms with Gasteiger partial charge in [0, 0.05) is 31.7 Å². The van der Waals surface area contributed by atoms with Crippen LogP contribution in [0.15, 0.2) is 24.5 Å². The topological polar surface area (TPSA) is 30.0 Å². The van der Waals surface area contributed by atoms with Crippen LogP contribution in [0, 0.1) is 12.3 Å². The summed E-state index contributed by atoms with van der Waals surface area (Å²) in [5.74, 6) is 2.83. The summed E-state index contributed by atoms with van der Waals surface area (Å²) >= 11 is 0. The fourth-order valence-corrected chi connectivity index (χ4v) is 1.35. The largest absolute Gasteiger partial charge is 0.300 e. The number of unbranched alkanes of at least 4 members (excludes halogenated alkanes) is 1. The number of pyridine rings is 1. The molecule has 0 aliphatic carbocycles. The van der Waals surface area contributed by atoms with Gasteiger partial charge in [0.2, 0.25) is 0 Å². The summed E-state index contributed by atoms with van der Waals surface area (Å²) in [6, 6.07) is 3.88. The summed E-state index contributed by atoms with van der Waals surface area (Å²) in [6.45, 7) is 0. The fraction of sp³-hybridized carbons (Fsp3) is 0.385. The van der Waals surface area contributed by atoms with Crippen molar-refractivity contribution in [2.45, 2.75) is 32.1 Å². The van der Waals surface area contributed by atoms with Gasteiger partial charge in [0.05, 0.1) is 0 Å². The van der Waals surface area contributed by atoms with E-state index in [0.29, 0.717) is 25.0 Å². The van der Waals surface area contributed by atoms with Crippen molar-refractivity contribution in [2.24, 2.45) is 0 Å². The molecule has 0 atom stereocenters. The first-order chi connectivity index (χ1) is 7.33. The highest BCUT2D eigenvalue weighted by Crippen LogP contribution is 2.04. The zero-order valence-corrected chi connectivity index (χ0v) is 8.78. The van der Waals surface area contributed by atoms with E-state index in [-0.39, 0.29) is 0 Å². The molecule has 0 bridgehead atoms. The van der Waals surface area contributed by atoms with Gasteiger partial charge in [0.15, 0.2) is 0 Å². The number of carbonyl (C=O) groups is 1. The third-order valence-electron chi connectivity index (χ3n) is 2.22. The number of aromatic nitrogens is 1. The van der Waals surface area contributed by atoms with Crippen LogP contribution in [0.4, 0.5) is 0 Å². The normalized spacial score (nSPS) is 9.53. The molecule has 0 radical (unpaired) electrons. The standard InChI is InChI=1S/C13H15NO/c1-2-3-4-5-13(15)7-6-12-8-10-14-11-9-12/h1,8-11H,3-7H2. The fourth-order valence-electron chi connectivity index (χ4n) is 1.35. The van der Waals surface area contributed by atoms with Crippen molar-refractivity contribution in [1.29, 1.82) is 0 Å². The molecular weight excluding hydrogens is 186 g/mol. The van der Waals surface area contributed by atoms with Crippen molar-refractivity contribution < 1.29 is 4.79 Å². The Kier molecular flexibility index (Phi) is 5.18. The zero-order valence-electron chi connectivity index (χ0n) is 8.78. The Hall–Kier alpha value is -1.62. The molecule has 0 amide bonds. The molecule has 1 rings (SSSR count). The average molecular weight is 201 g/mol. The van der Waals surface area contributed by atoms with E-state index in [1.807, 2.05) is 12.1 Å². The van der Waals surface area contributed by atoms with Crippen LogP contribution in [0.25, 0.3) is 0 Å². The molecule has 0 unspecified atom stereocenters. The molecular formula is C13H15NO. The second kappa shape index (κ2) is 6.78. The number of rotatable bonds is 6. The summed E-state index contributed by atoms with van der Waals surface area (Å²) in [6.07, 6.45) is 12.1. The summed E-state index contributed by atoms with van der Waals surface area (Å²) in [5, 5.41) is 0. The molecule has 0 aliphatic rings. The quantitative estimate of drug-likeness (QED) is 0.522. The Balaban J connectivity index is 2.20. The van der Waals surface area contributed by atoms with Crippen LogP contribution < -0.4 is 0 Å². The van der Waals surface area contributed by atoms with Gasteiger partial charge in [0.1, 0.15) is 5.78 Å². The smallest absolute Gasteiger partial charge is 0.133 e. The number of hydrogen-bond acceptors (Lipinski definition) is 2. The molecule has 15 heavy (non-hydrogen) atoms. The zero-order chi connectivity index (χ0) is 10.9. The van der Waals surface area contributed by atoms with E-state index in [9.17, 15) is 4.79 Å². The average Bonchev–Trinajstić information content (AvgIpc) is 2.28. The first-order valence-corrected chi connectivity index (χ1v) is 5.17. The number of hydrogen-bond donors (Lipinski definition) is 0. The highest BCUT2D eigenvalue weighted by Gasteiger charge is 2.01. The van der Waals surface area contributed by atoms with E-state index < -0.39 is 0 Å². The number of carbonyl (C=O) groups excluding carboxylic acids is 1. The number of ketones is 1. The maximum atomic E-state index is 11.4. The lowest BCUT2D eigenvalue weighted by atomic mass is 10.1. The van der Waals surface area contributed by atoms with Gasteiger partial charge in [-0.05, 0) is 30.5 Å². The number of nitrogens with zero attached hydrogens (tertiary/aromatic N) is 1. The molecule has 78 valence electrons. The van der Waals surface area contributed by atoms with Crippen LogP contribution in [0.3, 0.4) is 0 Å². The highest BCUT2D eigenvalue weighted by molar-refractivity contribution is 5.78. The van der Waals surface area contributed by atoms with Gasteiger partial charge in [-0.25, -0.2) is 0 Å². The van der Waals surface area contributed by atoms with Crippen LogP contribution in [0.1, 0.15) is 31.2 Å². The maximum absolute atomic E-state index is 11.4. The van der Waals surface area contributed by atoms with Crippen molar-refractivity contribution in [3.8, 4) is 12.3 Å². The first kappa shape index (κ1) is 11.5. The van der Waals surface area contributed by atoms with Crippen LogP contribution in [-0.2, 0) is 11.2 Å². The van der Waals surface area contributed by atoms with E-state index in [4.69, 9.17) is 6.42 Å². The number of Topliss-reactive ketones (excluding diaryl/α,β-unsaturated/α-hetero) is 1. The second-order valence-electron chi connectivity index (χ2n) is 3.45. The maximum Gasteiger partial charge on any atom is 0.133 e. The van der Waals surface area contributed by atoms with Crippen molar-refractivity contribution >= 4 is 5.78 Å². The van der Waals surface area contributed by atoms with E-state index in [2.05, 4.69) is 10.9 Å². The predicted molar refractivity (Wildman–Crippen MR) is 60.2 cm³/mol. The van der Waals surface area contributed by atoms with Crippen molar-refractivity contribution in [1.82, 2.24) is 4.98 Å². The summed E-state index contributed by atoms with van der Waals surface area (Å²) < 4.78 is 0. The molecule has 1 aromatic heterocycles. The molecule has 2 heteroatoms. The third kappa shape index (κ3) is 4.97. The Labute approximate surface area is 90.7 Å². The minimum Gasteiger partial charge on any atom is -0.300 e. The van der Waals surface area contributed by atoms with E-state index in [0.717, 1.165) is 18.4 Å². The van der Waals surface area contributed by atoms with Gasteiger partial charge < -0.3 is 0 Å². The Bertz CT molecular complexity index is 337. The highest BCUT2D eigenvalue weighted by atomic mass is 16.1.